The van der Waals surface area contributed by atoms with Crippen molar-refractivity contribution in [2.24, 2.45) is 5.92 Å². The van der Waals surface area contributed by atoms with E-state index in [4.69, 9.17) is 4.98 Å². The molecule has 5 nitrogen and oxygen atoms in total. The maximum absolute atomic E-state index is 13.5. The number of nitrogens with one attached hydrogen (secondary N) is 1. The first-order valence-electron chi connectivity index (χ1n) is 11.4. The van der Waals surface area contributed by atoms with Crippen LogP contribution in [-0.4, -0.2) is 21.7 Å². The highest BCUT2D eigenvalue weighted by Crippen LogP contribution is 2.39. The third kappa shape index (κ3) is 4.32. The number of fused-ring (bicyclic) bond motifs is 1. The summed E-state index contributed by atoms with van der Waals surface area (Å²) < 4.78 is 0. The van der Waals surface area contributed by atoms with E-state index < -0.39 is 0 Å². The van der Waals surface area contributed by atoms with Gasteiger partial charge in [0, 0.05) is 17.8 Å². The van der Waals surface area contributed by atoms with Gasteiger partial charge in [-0.15, -0.1) is 11.3 Å². The molecule has 0 saturated carbocycles. The number of likely N-dealkylation sites (tertiary alicyclic amines) is 1. The first kappa shape index (κ1) is 20.9. The zero-order valence-electron chi connectivity index (χ0n) is 18.0. The Morgan fingerprint density at radius 2 is 1.72 bits per heavy atom. The minimum atomic E-state index is -0.320. The van der Waals surface area contributed by atoms with Crippen molar-refractivity contribution in [2.45, 2.75) is 51.1 Å². The average molecular weight is 446 g/mol. The molecule has 1 fully saturated rings. The van der Waals surface area contributed by atoms with Crippen molar-refractivity contribution in [1.82, 2.24) is 9.88 Å². The lowest BCUT2D eigenvalue weighted by Gasteiger charge is -2.41. The van der Waals surface area contributed by atoms with Crippen LogP contribution in [0.3, 0.4) is 0 Å². The lowest BCUT2D eigenvalue weighted by atomic mass is 9.83. The van der Waals surface area contributed by atoms with Crippen LogP contribution in [0.15, 0.2) is 60.7 Å². The summed E-state index contributed by atoms with van der Waals surface area (Å²) in [4.78, 5) is 34.4. The van der Waals surface area contributed by atoms with Gasteiger partial charge in [0.2, 0.25) is 11.8 Å². The number of rotatable bonds is 5. The number of aromatic nitrogens is 1. The Balaban J connectivity index is 1.43. The summed E-state index contributed by atoms with van der Waals surface area (Å²) in [5.41, 5.74) is 3.20. The van der Waals surface area contributed by atoms with E-state index in [-0.39, 0.29) is 23.8 Å². The van der Waals surface area contributed by atoms with Crippen LogP contribution in [0.1, 0.15) is 53.4 Å². The Labute approximate surface area is 192 Å². The number of piperidine rings is 1. The molecule has 1 aromatic heterocycles. The second-order valence-corrected chi connectivity index (χ2v) is 9.68. The molecule has 5 rings (SSSR count). The number of carbonyl (C=O) groups excluding carboxylic acids is 2. The summed E-state index contributed by atoms with van der Waals surface area (Å²) >= 11 is 1.61. The number of thiazole rings is 1. The first-order chi connectivity index (χ1) is 15.7. The highest BCUT2D eigenvalue weighted by Gasteiger charge is 2.40. The zero-order valence-corrected chi connectivity index (χ0v) is 18.8. The molecule has 0 bridgehead atoms. The van der Waals surface area contributed by atoms with E-state index in [9.17, 15) is 9.59 Å². The van der Waals surface area contributed by atoms with Crippen molar-refractivity contribution in [3.63, 3.8) is 0 Å². The Bertz CT molecular complexity index is 1070. The summed E-state index contributed by atoms with van der Waals surface area (Å²) in [5, 5.41) is 3.79. The Morgan fingerprint density at radius 3 is 2.47 bits per heavy atom. The molecule has 32 heavy (non-hydrogen) atoms. The number of amides is 2. The number of carbonyl (C=O) groups is 2. The Hall–Kier alpha value is -2.99. The predicted molar refractivity (Wildman–Crippen MR) is 126 cm³/mol. The van der Waals surface area contributed by atoms with Crippen molar-refractivity contribution in [2.75, 3.05) is 5.32 Å². The van der Waals surface area contributed by atoms with Gasteiger partial charge in [-0.05, 0) is 43.2 Å². The van der Waals surface area contributed by atoms with Crippen LogP contribution < -0.4 is 5.32 Å². The number of aryl methyl sites for hydroxylation is 2. The van der Waals surface area contributed by atoms with Crippen LogP contribution >= 0.6 is 11.3 Å². The van der Waals surface area contributed by atoms with Crippen LogP contribution in [0.25, 0.3) is 0 Å². The molecule has 2 aromatic carbocycles. The lowest BCUT2D eigenvalue weighted by Crippen LogP contribution is -2.46. The normalized spacial score (nSPS) is 20.6. The summed E-state index contributed by atoms with van der Waals surface area (Å²) in [5.74, 6) is -0.272. The Morgan fingerprint density at radius 1 is 1.00 bits per heavy atom. The third-order valence-corrected chi connectivity index (χ3v) is 7.53. The SMILES string of the molecule is O=C(Nc1nc2c(s1)CCCC2)C1CCC(=O)N(Cc2ccccc2)C1c1ccccc1. The molecule has 1 aliphatic heterocycles. The van der Waals surface area contributed by atoms with E-state index in [1.165, 1.54) is 17.7 Å². The minimum absolute atomic E-state index is 0.0458. The molecule has 2 aliphatic rings. The number of hydrogen-bond acceptors (Lipinski definition) is 4. The first-order valence-corrected chi connectivity index (χ1v) is 12.2. The number of benzene rings is 2. The second kappa shape index (κ2) is 9.25. The maximum Gasteiger partial charge on any atom is 0.231 e. The topological polar surface area (TPSA) is 62.3 Å². The molecular formula is C26H27N3O2S. The molecule has 0 spiro atoms. The van der Waals surface area contributed by atoms with Gasteiger partial charge in [-0.1, -0.05) is 60.7 Å². The molecular weight excluding hydrogens is 418 g/mol. The molecule has 2 unspecified atom stereocenters. The van der Waals surface area contributed by atoms with Crippen LogP contribution in [0.2, 0.25) is 0 Å². The van der Waals surface area contributed by atoms with Crippen LogP contribution in [0.4, 0.5) is 5.13 Å². The fourth-order valence-corrected chi connectivity index (χ4v) is 5.91. The van der Waals surface area contributed by atoms with Crippen molar-refractivity contribution in [3.8, 4) is 0 Å². The van der Waals surface area contributed by atoms with Crippen molar-refractivity contribution < 1.29 is 9.59 Å². The summed E-state index contributed by atoms with van der Waals surface area (Å²) in [7, 11) is 0. The fraction of sp³-hybridized carbons (Fsp3) is 0.346. The van der Waals surface area contributed by atoms with Gasteiger partial charge in [0.15, 0.2) is 5.13 Å². The van der Waals surface area contributed by atoms with Crippen molar-refractivity contribution in [1.29, 1.82) is 0 Å². The molecule has 0 radical (unpaired) electrons. The number of nitrogens with zero attached hydrogens (tertiary/aromatic N) is 2. The highest BCUT2D eigenvalue weighted by atomic mass is 32.1. The third-order valence-electron chi connectivity index (χ3n) is 6.46. The van der Waals surface area contributed by atoms with Gasteiger partial charge < -0.3 is 10.2 Å². The van der Waals surface area contributed by atoms with E-state index >= 15 is 0 Å². The molecule has 1 N–H and O–H groups in total. The van der Waals surface area contributed by atoms with E-state index in [0.717, 1.165) is 29.7 Å². The number of anilines is 1. The molecule has 2 heterocycles. The molecule has 164 valence electrons. The van der Waals surface area contributed by atoms with Crippen LogP contribution in [-0.2, 0) is 29.0 Å². The predicted octanol–water partition coefficient (Wildman–Crippen LogP) is 5.14. The quantitative estimate of drug-likeness (QED) is 0.591. The summed E-state index contributed by atoms with van der Waals surface area (Å²) in [6.07, 6.45) is 5.33. The monoisotopic (exact) mass is 445 g/mol. The van der Waals surface area contributed by atoms with Gasteiger partial charge in [-0.2, -0.15) is 0 Å². The largest absolute Gasteiger partial charge is 0.331 e. The van der Waals surface area contributed by atoms with E-state index in [0.29, 0.717) is 24.5 Å². The van der Waals surface area contributed by atoms with Gasteiger partial charge in [-0.3, -0.25) is 9.59 Å². The van der Waals surface area contributed by atoms with E-state index in [1.54, 1.807) is 11.3 Å². The molecule has 1 aliphatic carbocycles. The molecule has 2 atom stereocenters. The van der Waals surface area contributed by atoms with Gasteiger partial charge in [0.05, 0.1) is 17.7 Å². The molecule has 2 amide bonds. The van der Waals surface area contributed by atoms with E-state index in [1.807, 2.05) is 65.6 Å². The van der Waals surface area contributed by atoms with Gasteiger partial charge in [-0.25, -0.2) is 4.98 Å². The highest BCUT2D eigenvalue weighted by molar-refractivity contribution is 7.15. The molecule has 6 heteroatoms. The molecule has 1 saturated heterocycles. The Kier molecular flexibility index (Phi) is 6.04. The van der Waals surface area contributed by atoms with Crippen LogP contribution in [0.5, 0.6) is 0 Å². The van der Waals surface area contributed by atoms with Gasteiger partial charge in [0.25, 0.3) is 0 Å². The van der Waals surface area contributed by atoms with Crippen molar-refractivity contribution in [3.05, 3.63) is 82.4 Å². The lowest BCUT2D eigenvalue weighted by molar-refractivity contribution is -0.142. The minimum Gasteiger partial charge on any atom is -0.331 e. The smallest absolute Gasteiger partial charge is 0.231 e. The average Bonchev–Trinajstić information content (AvgIpc) is 3.23. The van der Waals surface area contributed by atoms with Gasteiger partial charge in [0.1, 0.15) is 0 Å². The maximum atomic E-state index is 13.5. The van der Waals surface area contributed by atoms with Crippen molar-refractivity contribution >= 4 is 28.3 Å². The second-order valence-electron chi connectivity index (χ2n) is 8.59. The van der Waals surface area contributed by atoms with E-state index in [2.05, 4.69) is 5.32 Å². The molecule has 3 aromatic rings. The summed E-state index contributed by atoms with van der Waals surface area (Å²) in [6, 6.07) is 19.6. The summed E-state index contributed by atoms with van der Waals surface area (Å²) in [6.45, 7) is 0.495. The van der Waals surface area contributed by atoms with Crippen LogP contribution in [0, 0.1) is 5.92 Å². The number of hydrogen-bond donors (Lipinski definition) is 1. The fourth-order valence-electron chi connectivity index (χ4n) is 4.86. The zero-order chi connectivity index (χ0) is 21.9. The van der Waals surface area contributed by atoms with Gasteiger partial charge >= 0.3 is 0 Å². The standard InChI is InChI=1S/C26H27N3O2S/c30-23-16-15-20(25(31)28-26-27-21-13-7-8-14-22(21)32-26)24(19-11-5-2-6-12-19)29(23)17-18-9-3-1-4-10-18/h1-6,9-12,20,24H,7-8,13-17H2,(H,27,28,31).